The Hall–Kier alpha value is -1.33. The molecule has 1 aromatic heterocycles. The summed E-state index contributed by atoms with van der Waals surface area (Å²) in [5.74, 6) is 0.897. The van der Waals surface area contributed by atoms with Gasteiger partial charge in [0.1, 0.15) is 5.75 Å². The lowest BCUT2D eigenvalue weighted by molar-refractivity contribution is 0.184. The van der Waals surface area contributed by atoms with E-state index < -0.39 is 0 Å². The average molecular weight is 280 g/mol. The Morgan fingerprint density at radius 3 is 2.89 bits per heavy atom. The summed E-state index contributed by atoms with van der Waals surface area (Å²) in [4.78, 5) is 4.58. The number of anilines is 1. The lowest BCUT2D eigenvalue weighted by Gasteiger charge is -2.14. The number of thiazole rings is 1. The van der Waals surface area contributed by atoms with Gasteiger partial charge in [0.05, 0.1) is 29.5 Å². The summed E-state index contributed by atoms with van der Waals surface area (Å²) in [5, 5.41) is 4.35. The summed E-state index contributed by atoms with van der Waals surface area (Å²) < 4.78 is 11.8. The summed E-state index contributed by atoms with van der Waals surface area (Å²) in [7, 11) is 1.72. The van der Waals surface area contributed by atoms with Gasteiger partial charge in [0.15, 0.2) is 5.13 Å². The third-order valence-corrected chi connectivity index (χ3v) is 3.81. The van der Waals surface area contributed by atoms with Gasteiger partial charge in [0, 0.05) is 7.11 Å². The highest BCUT2D eigenvalue weighted by atomic mass is 32.1. The second kappa shape index (κ2) is 6.73. The van der Waals surface area contributed by atoms with Gasteiger partial charge in [-0.25, -0.2) is 4.98 Å². The topological polar surface area (TPSA) is 43.4 Å². The fraction of sp³-hybridized carbons (Fsp3) is 0.500. The Morgan fingerprint density at radius 1 is 1.37 bits per heavy atom. The molecule has 1 unspecified atom stereocenters. The standard InChI is InChI=1S/C14H20N2O2S/c1-4-10(9-17-3)15-14-16-12-7-6-11(18-5-2)8-13(12)19-14/h6-8,10H,4-5,9H2,1-3H3,(H,15,16). The first kappa shape index (κ1) is 14.1. The SMILES string of the molecule is CCOc1ccc2nc(NC(CC)COC)sc2c1. The number of aromatic nitrogens is 1. The molecule has 0 radical (unpaired) electrons. The van der Waals surface area contributed by atoms with Crippen molar-refractivity contribution in [1.82, 2.24) is 4.98 Å². The zero-order valence-corrected chi connectivity index (χ0v) is 12.4. The Kier molecular flexibility index (Phi) is 4.99. The quantitative estimate of drug-likeness (QED) is 0.842. The van der Waals surface area contributed by atoms with Crippen molar-refractivity contribution in [2.75, 3.05) is 25.6 Å². The highest BCUT2D eigenvalue weighted by molar-refractivity contribution is 7.22. The van der Waals surface area contributed by atoms with Crippen LogP contribution in [0, 0.1) is 0 Å². The van der Waals surface area contributed by atoms with Gasteiger partial charge >= 0.3 is 0 Å². The molecule has 0 fully saturated rings. The van der Waals surface area contributed by atoms with Gasteiger partial charge in [-0.2, -0.15) is 0 Å². The van der Waals surface area contributed by atoms with Crippen molar-refractivity contribution in [3.05, 3.63) is 18.2 Å². The van der Waals surface area contributed by atoms with Crippen LogP contribution >= 0.6 is 11.3 Å². The normalized spacial score (nSPS) is 12.6. The van der Waals surface area contributed by atoms with Crippen LogP contribution in [-0.4, -0.2) is 31.3 Å². The molecule has 4 nitrogen and oxygen atoms in total. The maximum atomic E-state index is 5.50. The van der Waals surface area contributed by atoms with Crippen molar-refractivity contribution in [3.63, 3.8) is 0 Å². The maximum Gasteiger partial charge on any atom is 0.184 e. The van der Waals surface area contributed by atoms with Crippen LogP contribution in [0.15, 0.2) is 18.2 Å². The summed E-state index contributed by atoms with van der Waals surface area (Å²) in [6, 6.07) is 6.30. The van der Waals surface area contributed by atoms with E-state index in [9.17, 15) is 0 Å². The van der Waals surface area contributed by atoms with Crippen molar-refractivity contribution in [1.29, 1.82) is 0 Å². The molecule has 0 amide bonds. The molecule has 2 rings (SSSR count). The molecule has 19 heavy (non-hydrogen) atoms. The highest BCUT2D eigenvalue weighted by Crippen LogP contribution is 2.29. The summed E-state index contributed by atoms with van der Waals surface area (Å²) in [6.07, 6.45) is 1.01. The van der Waals surface area contributed by atoms with E-state index in [4.69, 9.17) is 9.47 Å². The van der Waals surface area contributed by atoms with Crippen LogP contribution in [0.25, 0.3) is 10.2 Å². The van der Waals surface area contributed by atoms with E-state index in [0.29, 0.717) is 19.3 Å². The molecular weight excluding hydrogens is 260 g/mol. The fourth-order valence-corrected chi connectivity index (χ4v) is 2.83. The van der Waals surface area contributed by atoms with E-state index in [-0.39, 0.29) is 0 Å². The van der Waals surface area contributed by atoms with Gasteiger partial charge in [-0.05, 0) is 31.5 Å². The fourth-order valence-electron chi connectivity index (χ4n) is 1.86. The first-order chi connectivity index (χ1) is 9.26. The number of ether oxygens (including phenoxy) is 2. The molecule has 0 bridgehead atoms. The molecule has 1 N–H and O–H groups in total. The van der Waals surface area contributed by atoms with Gasteiger partial charge in [-0.15, -0.1) is 0 Å². The number of methoxy groups -OCH3 is 1. The minimum atomic E-state index is 0.303. The van der Waals surface area contributed by atoms with Crippen LogP contribution in [0.2, 0.25) is 0 Å². The Labute approximate surface area is 117 Å². The van der Waals surface area contributed by atoms with E-state index in [0.717, 1.165) is 27.5 Å². The van der Waals surface area contributed by atoms with E-state index >= 15 is 0 Å². The van der Waals surface area contributed by atoms with Crippen LogP contribution in [0.5, 0.6) is 5.75 Å². The van der Waals surface area contributed by atoms with Gasteiger partial charge in [0.2, 0.25) is 0 Å². The van der Waals surface area contributed by atoms with E-state index in [1.165, 1.54) is 0 Å². The molecule has 0 aliphatic rings. The monoisotopic (exact) mass is 280 g/mol. The zero-order chi connectivity index (χ0) is 13.7. The predicted molar refractivity (Wildman–Crippen MR) is 80.4 cm³/mol. The van der Waals surface area contributed by atoms with Crippen LogP contribution in [0.3, 0.4) is 0 Å². The van der Waals surface area contributed by atoms with E-state index in [1.54, 1.807) is 18.4 Å². The minimum absolute atomic E-state index is 0.303. The van der Waals surface area contributed by atoms with Gasteiger partial charge in [-0.1, -0.05) is 18.3 Å². The van der Waals surface area contributed by atoms with E-state index in [2.05, 4.69) is 17.2 Å². The first-order valence-corrected chi connectivity index (χ1v) is 7.37. The zero-order valence-electron chi connectivity index (χ0n) is 11.6. The lowest BCUT2D eigenvalue weighted by atomic mass is 10.2. The van der Waals surface area contributed by atoms with Crippen LogP contribution in [0.1, 0.15) is 20.3 Å². The molecule has 0 aliphatic carbocycles. The highest BCUT2D eigenvalue weighted by Gasteiger charge is 2.10. The molecule has 1 aromatic carbocycles. The molecule has 0 spiro atoms. The van der Waals surface area contributed by atoms with Crippen molar-refractivity contribution in [2.24, 2.45) is 0 Å². The largest absolute Gasteiger partial charge is 0.494 e. The van der Waals surface area contributed by atoms with Crippen molar-refractivity contribution < 1.29 is 9.47 Å². The molecular formula is C14H20N2O2S. The van der Waals surface area contributed by atoms with Gasteiger partial charge in [0.25, 0.3) is 0 Å². The minimum Gasteiger partial charge on any atom is -0.494 e. The first-order valence-electron chi connectivity index (χ1n) is 6.55. The summed E-state index contributed by atoms with van der Waals surface area (Å²) >= 11 is 1.65. The summed E-state index contributed by atoms with van der Waals surface area (Å²) in [6.45, 7) is 5.50. The third kappa shape index (κ3) is 3.58. The Bertz CT molecular complexity index is 527. The number of benzene rings is 1. The van der Waals surface area contributed by atoms with Crippen molar-refractivity contribution in [3.8, 4) is 5.75 Å². The van der Waals surface area contributed by atoms with Crippen LogP contribution in [0.4, 0.5) is 5.13 Å². The maximum absolute atomic E-state index is 5.50. The number of hydrogen-bond acceptors (Lipinski definition) is 5. The number of fused-ring (bicyclic) bond motifs is 1. The van der Waals surface area contributed by atoms with Crippen LogP contribution in [-0.2, 0) is 4.74 Å². The van der Waals surface area contributed by atoms with Crippen molar-refractivity contribution >= 4 is 26.7 Å². The molecule has 1 atom stereocenters. The van der Waals surface area contributed by atoms with E-state index in [1.807, 2.05) is 25.1 Å². The third-order valence-electron chi connectivity index (χ3n) is 2.86. The molecule has 2 aromatic rings. The summed E-state index contributed by atoms with van der Waals surface area (Å²) in [5.41, 5.74) is 1.00. The predicted octanol–water partition coefficient (Wildman–Crippen LogP) is 3.53. The van der Waals surface area contributed by atoms with Gasteiger partial charge < -0.3 is 14.8 Å². The number of nitrogens with zero attached hydrogens (tertiary/aromatic N) is 1. The number of rotatable bonds is 7. The number of nitrogens with one attached hydrogen (secondary N) is 1. The second-order valence-corrected chi connectivity index (χ2v) is 5.32. The lowest BCUT2D eigenvalue weighted by Crippen LogP contribution is -2.23. The van der Waals surface area contributed by atoms with Crippen LogP contribution < -0.4 is 10.1 Å². The second-order valence-electron chi connectivity index (χ2n) is 4.29. The molecule has 1 heterocycles. The Morgan fingerprint density at radius 2 is 2.21 bits per heavy atom. The molecule has 0 saturated heterocycles. The number of hydrogen-bond donors (Lipinski definition) is 1. The van der Waals surface area contributed by atoms with Crippen molar-refractivity contribution in [2.45, 2.75) is 26.3 Å². The molecule has 0 aliphatic heterocycles. The average Bonchev–Trinajstić information content (AvgIpc) is 2.80. The van der Waals surface area contributed by atoms with Gasteiger partial charge in [-0.3, -0.25) is 0 Å². The molecule has 104 valence electrons. The molecule has 5 heteroatoms. The smallest absolute Gasteiger partial charge is 0.184 e. The molecule has 0 saturated carbocycles. The Balaban J connectivity index is 2.16.